The zero-order valence-corrected chi connectivity index (χ0v) is 6.05. The highest BCUT2D eigenvalue weighted by Gasteiger charge is 2.26. The second-order valence-corrected chi connectivity index (χ2v) is 2.36. The molecule has 0 saturated heterocycles. The van der Waals surface area contributed by atoms with Gasteiger partial charge in [0.1, 0.15) is 12.9 Å². The van der Waals surface area contributed by atoms with Crippen LogP contribution in [-0.2, 0) is 9.47 Å². The third-order valence-corrected chi connectivity index (χ3v) is 1.01. The predicted molar refractivity (Wildman–Crippen MR) is 35.0 cm³/mol. The second kappa shape index (κ2) is 2.90. The van der Waals surface area contributed by atoms with Gasteiger partial charge in [0.05, 0.1) is 0 Å². The Morgan fingerprint density at radius 2 is 2.20 bits per heavy atom. The van der Waals surface area contributed by atoms with Crippen molar-refractivity contribution >= 4 is 0 Å². The van der Waals surface area contributed by atoms with Crippen molar-refractivity contribution in [1.29, 1.82) is 0 Å². The number of aliphatic hydroxyl groups excluding tert-OH is 1. The highest BCUT2D eigenvalue weighted by Crippen LogP contribution is 2.23. The van der Waals surface area contributed by atoms with Crippen LogP contribution in [0.25, 0.3) is 0 Å². The molecule has 0 aliphatic carbocycles. The Labute approximate surface area is 59.4 Å². The van der Waals surface area contributed by atoms with Crippen molar-refractivity contribution < 1.29 is 20.1 Å². The van der Waals surface area contributed by atoms with Crippen molar-refractivity contribution in [3.8, 4) is 0 Å². The topological polar surface area (TPSA) is 70.2 Å². The van der Waals surface area contributed by atoms with Crippen LogP contribution in [0.15, 0.2) is 12.0 Å². The number of aliphatic hydroxyl groups is 1. The lowest BCUT2D eigenvalue weighted by atomic mass is 10.4. The summed E-state index contributed by atoms with van der Waals surface area (Å²) < 4.78 is 10.1. The molecular formula is C6H12O4. The van der Waals surface area contributed by atoms with Crippen LogP contribution in [0.4, 0.5) is 0 Å². The lowest BCUT2D eigenvalue weighted by molar-refractivity contribution is -0.119. The van der Waals surface area contributed by atoms with E-state index in [9.17, 15) is 0 Å². The fraction of sp³-hybridized carbons (Fsp3) is 0.667. The molecule has 0 bridgehead atoms. The number of ether oxygens (including phenoxy) is 2. The van der Waals surface area contributed by atoms with Gasteiger partial charge in [-0.2, -0.15) is 0 Å². The summed E-state index contributed by atoms with van der Waals surface area (Å²) in [5.41, 5.74) is 0. The molecule has 0 fully saturated rings. The first-order valence-corrected chi connectivity index (χ1v) is 2.81. The van der Waals surface area contributed by atoms with Gasteiger partial charge in [-0.15, -0.1) is 0 Å². The second-order valence-electron chi connectivity index (χ2n) is 2.36. The van der Waals surface area contributed by atoms with E-state index in [2.05, 4.69) is 0 Å². The first kappa shape index (κ1) is 9.26. The molecule has 60 valence electrons. The van der Waals surface area contributed by atoms with Gasteiger partial charge in [-0.25, -0.2) is 0 Å². The van der Waals surface area contributed by atoms with Crippen LogP contribution in [0.1, 0.15) is 13.8 Å². The van der Waals surface area contributed by atoms with Crippen LogP contribution >= 0.6 is 0 Å². The van der Waals surface area contributed by atoms with Crippen LogP contribution in [0.2, 0.25) is 0 Å². The molecule has 0 spiro atoms. The van der Waals surface area contributed by atoms with E-state index in [1.807, 2.05) is 0 Å². The van der Waals surface area contributed by atoms with E-state index in [0.717, 1.165) is 0 Å². The Bertz CT molecular complexity index is 139. The van der Waals surface area contributed by atoms with Crippen LogP contribution in [0, 0.1) is 0 Å². The molecule has 1 aliphatic heterocycles. The molecule has 0 unspecified atom stereocenters. The molecule has 0 aromatic heterocycles. The Balaban J connectivity index is 0.000000810. The quantitative estimate of drug-likeness (QED) is 0.558. The van der Waals surface area contributed by atoms with Gasteiger partial charge in [0.15, 0.2) is 5.76 Å². The summed E-state index contributed by atoms with van der Waals surface area (Å²) in [6.07, 6.45) is 1.43. The molecule has 4 heteroatoms. The van der Waals surface area contributed by atoms with Crippen molar-refractivity contribution in [2.24, 2.45) is 0 Å². The van der Waals surface area contributed by atoms with Crippen LogP contribution in [0.3, 0.4) is 0 Å². The Kier molecular flexibility index (Phi) is 2.68. The highest BCUT2D eigenvalue weighted by molar-refractivity contribution is 4.94. The molecule has 0 saturated carbocycles. The Morgan fingerprint density at radius 3 is 2.40 bits per heavy atom. The van der Waals surface area contributed by atoms with Gasteiger partial charge in [-0.05, 0) is 0 Å². The molecular weight excluding hydrogens is 136 g/mol. The lowest BCUT2D eigenvalue weighted by Crippen LogP contribution is -2.20. The standard InChI is InChI=1S/C6H10O3.H2O/c1-6(2)8-4-5(3-7)9-6;/h4,7H,3H2,1-2H3;1H2. The first-order valence-electron chi connectivity index (χ1n) is 2.81. The molecule has 4 nitrogen and oxygen atoms in total. The van der Waals surface area contributed by atoms with Crippen molar-refractivity contribution in [3.63, 3.8) is 0 Å². The zero-order chi connectivity index (χ0) is 6.91. The highest BCUT2D eigenvalue weighted by atomic mass is 16.7. The molecule has 0 radical (unpaired) electrons. The van der Waals surface area contributed by atoms with Gasteiger partial charge < -0.3 is 20.1 Å². The van der Waals surface area contributed by atoms with Crippen molar-refractivity contribution in [1.82, 2.24) is 0 Å². The van der Waals surface area contributed by atoms with Crippen LogP contribution in [-0.4, -0.2) is 23.0 Å². The molecule has 0 aromatic carbocycles. The minimum atomic E-state index is -0.585. The van der Waals surface area contributed by atoms with E-state index in [1.54, 1.807) is 13.8 Å². The average Bonchev–Trinajstić information content (AvgIpc) is 2.10. The predicted octanol–water partition coefficient (Wildman–Crippen LogP) is -0.222. The number of hydrogen-bond donors (Lipinski definition) is 1. The molecule has 3 N–H and O–H groups in total. The minimum absolute atomic E-state index is 0. The third-order valence-electron chi connectivity index (χ3n) is 1.01. The van der Waals surface area contributed by atoms with Gasteiger partial charge in [-0.3, -0.25) is 0 Å². The summed E-state index contributed by atoms with van der Waals surface area (Å²) in [5, 5.41) is 8.52. The fourth-order valence-corrected chi connectivity index (χ4v) is 0.641. The van der Waals surface area contributed by atoms with E-state index in [4.69, 9.17) is 14.6 Å². The summed E-state index contributed by atoms with van der Waals surface area (Å²) in [6.45, 7) is 3.47. The van der Waals surface area contributed by atoms with Gasteiger partial charge in [0, 0.05) is 13.8 Å². The molecule has 0 aromatic rings. The fourth-order valence-electron chi connectivity index (χ4n) is 0.641. The summed E-state index contributed by atoms with van der Waals surface area (Å²) in [5.74, 6) is -0.0991. The first-order chi connectivity index (χ1) is 4.14. The molecule has 0 atom stereocenters. The Morgan fingerprint density at radius 1 is 1.60 bits per heavy atom. The Hall–Kier alpha value is -0.740. The van der Waals surface area contributed by atoms with E-state index < -0.39 is 5.79 Å². The van der Waals surface area contributed by atoms with Crippen LogP contribution in [0.5, 0.6) is 0 Å². The molecule has 1 rings (SSSR count). The van der Waals surface area contributed by atoms with Gasteiger partial charge in [0.2, 0.25) is 5.79 Å². The SMILES string of the molecule is CC1(C)OC=C(CO)O1.O. The summed E-state index contributed by atoms with van der Waals surface area (Å²) in [6, 6.07) is 0. The monoisotopic (exact) mass is 148 g/mol. The van der Waals surface area contributed by atoms with Gasteiger partial charge >= 0.3 is 0 Å². The molecule has 1 aliphatic rings. The zero-order valence-electron chi connectivity index (χ0n) is 6.05. The number of hydrogen-bond acceptors (Lipinski definition) is 3. The molecule has 10 heavy (non-hydrogen) atoms. The average molecular weight is 148 g/mol. The maximum Gasteiger partial charge on any atom is 0.244 e. The lowest BCUT2D eigenvalue weighted by Gasteiger charge is -2.17. The van der Waals surface area contributed by atoms with Crippen LogP contribution < -0.4 is 0 Å². The van der Waals surface area contributed by atoms with Crippen molar-refractivity contribution in [2.75, 3.05) is 6.61 Å². The van der Waals surface area contributed by atoms with E-state index in [0.29, 0.717) is 5.76 Å². The van der Waals surface area contributed by atoms with Crippen molar-refractivity contribution in [3.05, 3.63) is 12.0 Å². The smallest absolute Gasteiger partial charge is 0.244 e. The third kappa shape index (κ3) is 1.89. The van der Waals surface area contributed by atoms with Crippen molar-refractivity contribution in [2.45, 2.75) is 19.6 Å². The maximum absolute atomic E-state index is 8.52. The van der Waals surface area contributed by atoms with E-state index in [1.165, 1.54) is 6.26 Å². The van der Waals surface area contributed by atoms with Gasteiger partial charge in [0.25, 0.3) is 0 Å². The molecule has 1 heterocycles. The molecule has 0 amide bonds. The maximum atomic E-state index is 8.52. The minimum Gasteiger partial charge on any atom is -0.457 e. The largest absolute Gasteiger partial charge is 0.457 e. The van der Waals surface area contributed by atoms with Gasteiger partial charge in [-0.1, -0.05) is 0 Å². The van der Waals surface area contributed by atoms with E-state index >= 15 is 0 Å². The summed E-state index contributed by atoms with van der Waals surface area (Å²) >= 11 is 0. The summed E-state index contributed by atoms with van der Waals surface area (Å²) in [4.78, 5) is 0. The number of rotatable bonds is 1. The summed E-state index contributed by atoms with van der Waals surface area (Å²) in [7, 11) is 0. The normalized spacial score (nSPS) is 20.1. The van der Waals surface area contributed by atoms with E-state index in [-0.39, 0.29) is 12.1 Å².